The van der Waals surface area contributed by atoms with Crippen LogP contribution in [0.3, 0.4) is 0 Å². The van der Waals surface area contributed by atoms with Gasteiger partial charge in [0.25, 0.3) is 0 Å². The second-order valence-corrected chi connectivity index (χ2v) is 12.7. The van der Waals surface area contributed by atoms with E-state index in [1.54, 1.807) is 5.57 Å². The normalized spacial score (nSPS) is 46.5. The number of rotatable bonds is 5. The van der Waals surface area contributed by atoms with E-state index in [1.807, 2.05) is 0 Å². The lowest BCUT2D eigenvalue weighted by Crippen LogP contribution is -2.50. The Bertz CT molecular complexity index is 591. The fourth-order valence-corrected chi connectivity index (χ4v) is 8.92. The Kier molecular flexibility index (Phi) is 6.03. The van der Waals surface area contributed by atoms with E-state index in [0.29, 0.717) is 16.2 Å². The van der Waals surface area contributed by atoms with Gasteiger partial charge in [-0.05, 0) is 97.7 Å². The van der Waals surface area contributed by atoms with Crippen LogP contribution in [0.15, 0.2) is 11.6 Å². The number of fused-ring (bicyclic) bond motifs is 5. The Morgan fingerprint density at radius 2 is 1.79 bits per heavy atom. The van der Waals surface area contributed by atoms with E-state index in [4.69, 9.17) is 11.6 Å². The summed E-state index contributed by atoms with van der Waals surface area (Å²) in [6.45, 7) is 12.7. The van der Waals surface area contributed by atoms with Crippen molar-refractivity contribution in [3.05, 3.63) is 11.6 Å². The first kappa shape index (κ1) is 21.3. The maximum atomic E-state index is 6.56. The summed E-state index contributed by atoms with van der Waals surface area (Å²) < 4.78 is 0. The van der Waals surface area contributed by atoms with Gasteiger partial charge >= 0.3 is 0 Å². The van der Waals surface area contributed by atoms with E-state index in [9.17, 15) is 0 Å². The molecule has 0 N–H and O–H groups in total. The molecule has 28 heavy (non-hydrogen) atoms. The van der Waals surface area contributed by atoms with Crippen LogP contribution in [0.1, 0.15) is 105 Å². The first-order valence-corrected chi connectivity index (χ1v) is 13.0. The minimum Gasteiger partial charge on any atom is -0.123 e. The molecule has 1 heteroatoms. The van der Waals surface area contributed by atoms with Crippen LogP contribution >= 0.6 is 11.6 Å². The van der Waals surface area contributed by atoms with Gasteiger partial charge in [-0.1, -0.05) is 65.5 Å². The van der Waals surface area contributed by atoms with E-state index in [1.165, 1.54) is 70.6 Å². The second kappa shape index (κ2) is 7.94. The third-order valence-corrected chi connectivity index (χ3v) is 10.6. The van der Waals surface area contributed by atoms with Crippen molar-refractivity contribution in [2.24, 2.45) is 46.3 Å². The quantitative estimate of drug-likeness (QED) is 0.317. The highest BCUT2D eigenvalue weighted by atomic mass is 35.5. The molecule has 0 saturated heterocycles. The molecule has 3 fully saturated rings. The molecular weight excluding hydrogens is 360 g/mol. The average molecular weight is 405 g/mol. The molecule has 0 heterocycles. The van der Waals surface area contributed by atoms with Gasteiger partial charge in [0.05, 0.1) is 0 Å². The molecule has 4 rings (SSSR count). The third kappa shape index (κ3) is 3.52. The first-order valence-electron chi connectivity index (χ1n) is 12.6. The van der Waals surface area contributed by atoms with Crippen molar-refractivity contribution in [2.45, 2.75) is 111 Å². The highest BCUT2D eigenvalue weighted by Gasteiger charge is 2.58. The van der Waals surface area contributed by atoms with Gasteiger partial charge in [0, 0.05) is 5.38 Å². The molecule has 3 saturated carbocycles. The van der Waals surface area contributed by atoms with Gasteiger partial charge in [0.15, 0.2) is 0 Å². The molecule has 160 valence electrons. The van der Waals surface area contributed by atoms with E-state index in [2.05, 4.69) is 40.7 Å². The predicted octanol–water partition coefficient (Wildman–Crippen LogP) is 8.64. The Balaban J connectivity index is 1.49. The molecule has 4 aliphatic carbocycles. The lowest BCUT2D eigenvalue weighted by atomic mass is 9.47. The number of hydrogen-bond acceptors (Lipinski definition) is 0. The van der Waals surface area contributed by atoms with Crippen LogP contribution < -0.4 is 0 Å². The Hall–Kier alpha value is 0.0300. The summed E-state index contributed by atoms with van der Waals surface area (Å²) in [4.78, 5) is 0. The summed E-state index contributed by atoms with van der Waals surface area (Å²) in [5, 5.41) is 0.396. The molecule has 0 amide bonds. The van der Waals surface area contributed by atoms with Crippen LogP contribution in [0.25, 0.3) is 0 Å². The van der Waals surface area contributed by atoms with Crippen LogP contribution in [0.2, 0.25) is 0 Å². The maximum absolute atomic E-state index is 6.56. The van der Waals surface area contributed by atoms with Crippen LogP contribution in [-0.2, 0) is 0 Å². The van der Waals surface area contributed by atoms with Crippen LogP contribution in [-0.4, -0.2) is 5.38 Å². The fourth-order valence-electron chi connectivity index (χ4n) is 8.64. The van der Waals surface area contributed by atoms with E-state index in [0.717, 1.165) is 35.5 Å². The fraction of sp³-hybridized carbons (Fsp3) is 0.926. The average Bonchev–Trinajstić information content (AvgIpc) is 2.99. The molecule has 0 aromatic carbocycles. The van der Waals surface area contributed by atoms with Crippen molar-refractivity contribution in [1.82, 2.24) is 0 Å². The lowest BCUT2D eigenvalue weighted by molar-refractivity contribution is -0.0498. The van der Waals surface area contributed by atoms with Crippen molar-refractivity contribution >= 4 is 11.6 Å². The van der Waals surface area contributed by atoms with Crippen LogP contribution in [0, 0.1) is 46.3 Å². The molecule has 8 atom stereocenters. The van der Waals surface area contributed by atoms with Crippen molar-refractivity contribution in [2.75, 3.05) is 0 Å². The van der Waals surface area contributed by atoms with Gasteiger partial charge in [-0.25, -0.2) is 0 Å². The molecule has 0 aromatic heterocycles. The van der Waals surface area contributed by atoms with E-state index in [-0.39, 0.29) is 0 Å². The van der Waals surface area contributed by atoms with Crippen LogP contribution in [0.4, 0.5) is 0 Å². The smallest absolute Gasteiger partial charge is 0.0373 e. The van der Waals surface area contributed by atoms with E-state index >= 15 is 0 Å². The first-order chi connectivity index (χ1) is 13.3. The monoisotopic (exact) mass is 404 g/mol. The molecule has 0 aliphatic heterocycles. The van der Waals surface area contributed by atoms with Crippen molar-refractivity contribution in [3.63, 3.8) is 0 Å². The van der Waals surface area contributed by atoms with Gasteiger partial charge in [0.1, 0.15) is 0 Å². The Morgan fingerprint density at radius 1 is 1.00 bits per heavy atom. The molecule has 0 aromatic rings. The van der Waals surface area contributed by atoms with E-state index < -0.39 is 0 Å². The number of allylic oxidation sites excluding steroid dienone is 2. The third-order valence-electron chi connectivity index (χ3n) is 10.2. The Morgan fingerprint density at radius 3 is 2.54 bits per heavy atom. The molecule has 0 nitrogen and oxygen atoms in total. The zero-order valence-electron chi connectivity index (χ0n) is 19.3. The molecule has 0 spiro atoms. The highest BCUT2D eigenvalue weighted by Crippen LogP contribution is 2.67. The molecule has 0 unspecified atom stereocenters. The highest BCUT2D eigenvalue weighted by molar-refractivity contribution is 6.20. The number of halogens is 1. The van der Waals surface area contributed by atoms with Gasteiger partial charge in [0.2, 0.25) is 0 Å². The van der Waals surface area contributed by atoms with Crippen molar-refractivity contribution in [3.8, 4) is 0 Å². The second-order valence-electron chi connectivity index (χ2n) is 12.1. The minimum absolute atomic E-state index is 0.396. The number of hydrogen-bond donors (Lipinski definition) is 0. The maximum Gasteiger partial charge on any atom is 0.0373 e. The zero-order chi connectivity index (χ0) is 20.1. The van der Waals surface area contributed by atoms with Crippen LogP contribution in [0.5, 0.6) is 0 Å². The summed E-state index contributed by atoms with van der Waals surface area (Å²) >= 11 is 6.56. The summed E-state index contributed by atoms with van der Waals surface area (Å²) in [6.07, 6.45) is 18.0. The zero-order valence-corrected chi connectivity index (χ0v) is 20.0. The summed E-state index contributed by atoms with van der Waals surface area (Å²) in [7, 11) is 0. The lowest BCUT2D eigenvalue weighted by Gasteiger charge is -2.58. The number of alkyl halides is 1. The minimum atomic E-state index is 0.396. The molecule has 0 bridgehead atoms. The largest absolute Gasteiger partial charge is 0.123 e. The standard InChI is InChI=1S/C27H45Cl/c1-18(2)7-6-8-19(3)23-11-12-24-22-10-9-20-17-21(28)13-15-26(20,4)25(22)14-16-27(23,24)5/h9,18-19,21-25H,6-8,10-17H2,1-5H3/t19-,21+,22-,23+,24-,25-,26-,27+/m0/s1. The van der Waals surface area contributed by atoms with Gasteiger partial charge < -0.3 is 0 Å². The summed E-state index contributed by atoms with van der Waals surface area (Å²) in [6, 6.07) is 0. The van der Waals surface area contributed by atoms with Crippen molar-refractivity contribution in [1.29, 1.82) is 0 Å². The SMILES string of the molecule is CC(C)CCC[C@H](C)[C@H]1CC[C@H]2[C@@H]3CC=C4C[C@H](Cl)CC[C@]4(C)[C@H]3CC[C@]12C. The van der Waals surface area contributed by atoms with Gasteiger partial charge in [-0.3, -0.25) is 0 Å². The van der Waals surface area contributed by atoms with Gasteiger partial charge in [-0.2, -0.15) is 0 Å². The van der Waals surface area contributed by atoms with Gasteiger partial charge in [-0.15, -0.1) is 11.6 Å². The molecular formula is C27H45Cl. The summed E-state index contributed by atoms with van der Waals surface area (Å²) in [5.41, 5.74) is 2.82. The predicted molar refractivity (Wildman–Crippen MR) is 123 cm³/mol. The summed E-state index contributed by atoms with van der Waals surface area (Å²) in [5.74, 6) is 5.62. The topological polar surface area (TPSA) is 0 Å². The molecule has 0 radical (unpaired) electrons. The Labute approximate surface area is 180 Å². The molecule has 4 aliphatic rings. The van der Waals surface area contributed by atoms with Crippen molar-refractivity contribution < 1.29 is 0 Å².